The Hall–Kier alpha value is -6.39. The van der Waals surface area contributed by atoms with E-state index >= 15 is 0 Å². The summed E-state index contributed by atoms with van der Waals surface area (Å²) in [5.74, 6) is -3.87. The second-order valence-electron chi connectivity index (χ2n) is 11.0. The molecule has 0 aliphatic carbocycles. The number of nitrogens with one attached hydrogen (secondary N) is 2. The van der Waals surface area contributed by atoms with Crippen LogP contribution in [0.5, 0.6) is 17.2 Å². The lowest BCUT2D eigenvalue weighted by Crippen LogP contribution is -2.16. The highest BCUT2D eigenvalue weighted by Gasteiger charge is 2.20. The molecule has 0 atom stereocenters. The molecule has 0 aliphatic heterocycles. The van der Waals surface area contributed by atoms with Gasteiger partial charge in [0.25, 0.3) is 23.6 Å². The Bertz CT molecular complexity index is 2370. The summed E-state index contributed by atoms with van der Waals surface area (Å²) in [6.45, 7) is 0. The highest BCUT2D eigenvalue weighted by molar-refractivity contribution is 6.38. The number of benzene rings is 4. The van der Waals surface area contributed by atoms with Crippen LogP contribution in [0.3, 0.4) is 0 Å². The molecule has 2 heterocycles. The third-order valence-corrected chi connectivity index (χ3v) is 7.93. The third-order valence-electron chi connectivity index (χ3n) is 6.90. The van der Waals surface area contributed by atoms with Crippen LogP contribution >= 0.6 is 46.4 Å². The zero-order chi connectivity index (χ0) is 41.8. The van der Waals surface area contributed by atoms with Crippen molar-refractivity contribution < 1.29 is 42.2 Å². The molecule has 7 N–H and O–H groups in total. The summed E-state index contributed by atoms with van der Waals surface area (Å²) in [5.41, 5.74) is 10.5. The van der Waals surface area contributed by atoms with Crippen LogP contribution in [-0.4, -0.2) is 38.7 Å². The van der Waals surface area contributed by atoms with Crippen molar-refractivity contribution in [2.24, 2.45) is 11.5 Å². The van der Waals surface area contributed by atoms with Gasteiger partial charge in [0, 0.05) is 16.1 Å². The van der Waals surface area contributed by atoms with E-state index in [1.54, 1.807) is 0 Å². The highest BCUT2D eigenvalue weighted by atomic mass is 35.5. The first kappa shape index (κ1) is 43.3. The average molecular weight is 860 g/mol. The smallest absolute Gasteiger partial charge is 0.267 e. The summed E-state index contributed by atoms with van der Waals surface area (Å²) in [6, 6.07) is 20.9. The number of anilines is 2. The largest absolute Gasteiger partial charge is 0.508 e. The van der Waals surface area contributed by atoms with Gasteiger partial charge in [-0.25, -0.2) is 23.1 Å². The molecule has 0 bridgehead atoms. The number of hydrogen-bond acceptors (Lipinski definition) is 8. The molecule has 57 heavy (non-hydrogen) atoms. The normalized spacial score (nSPS) is 10.2. The molecule has 0 radical (unpaired) electrons. The predicted octanol–water partition coefficient (Wildman–Crippen LogP) is 9.08. The molecule has 0 spiro atoms. The maximum Gasteiger partial charge on any atom is 0.267 e. The van der Waals surface area contributed by atoms with Gasteiger partial charge in [0.2, 0.25) is 0 Å². The molecule has 19 heteroatoms. The standard InChI is InChI=1S/C19H12Cl2FN3O3.C13H8Cl2FN3O2.C6H5FO/c20-10-7-14(21)17(16(8-10)28-13-4-1-11(22)2-5-13)19(27)25-12-3-6-15(18(23)26)24-9-12;14-6-3-8(15)11(9(16)4-6)13(21)19-7-1-2-10(12(17)20)18-5-7;7-5-1-3-6(8)4-2-5/h1-9H,(H2,23,26)(H,25,27);1-5H,(H2,17,20)(H,19,21);1-4,8H. The summed E-state index contributed by atoms with van der Waals surface area (Å²) in [5, 5.41) is 13.9. The van der Waals surface area contributed by atoms with Crippen molar-refractivity contribution in [2.75, 3.05) is 10.6 Å². The molecular formula is C38H25Cl4F3N6O6. The number of rotatable bonds is 8. The molecule has 0 saturated carbocycles. The molecular weight excluding hydrogens is 835 g/mol. The number of aromatic nitrogens is 2. The number of pyridine rings is 2. The van der Waals surface area contributed by atoms with E-state index in [1.807, 2.05) is 0 Å². The molecule has 6 rings (SSSR count). The zero-order valence-electron chi connectivity index (χ0n) is 28.6. The molecule has 0 saturated heterocycles. The number of nitrogens with zero attached hydrogens (tertiary/aromatic N) is 2. The van der Waals surface area contributed by atoms with E-state index in [-0.39, 0.29) is 65.6 Å². The summed E-state index contributed by atoms with van der Waals surface area (Å²) >= 11 is 23.6. The second kappa shape index (κ2) is 20.0. The number of carbonyl (C=O) groups excluding carboxylic acids is 4. The van der Waals surface area contributed by atoms with E-state index < -0.39 is 35.3 Å². The molecule has 292 valence electrons. The van der Waals surface area contributed by atoms with Crippen LogP contribution in [0, 0.1) is 17.5 Å². The minimum Gasteiger partial charge on any atom is -0.508 e. The van der Waals surface area contributed by atoms with Gasteiger partial charge in [-0.1, -0.05) is 46.4 Å². The van der Waals surface area contributed by atoms with Crippen LogP contribution < -0.4 is 26.8 Å². The number of phenols is 1. The first-order valence-corrected chi connectivity index (χ1v) is 17.2. The van der Waals surface area contributed by atoms with Crippen molar-refractivity contribution in [1.29, 1.82) is 0 Å². The minimum atomic E-state index is -0.841. The Labute approximate surface area is 341 Å². The van der Waals surface area contributed by atoms with Crippen molar-refractivity contribution in [3.05, 3.63) is 170 Å². The number of primary amides is 2. The summed E-state index contributed by atoms with van der Waals surface area (Å²) in [4.78, 5) is 54.3. The van der Waals surface area contributed by atoms with Crippen LogP contribution in [0.4, 0.5) is 24.5 Å². The van der Waals surface area contributed by atoms with E-state index in [1.165, 1.54) is 103 Å². The van der Waals surface area contributed by atoms with E-state index in [4.69, 9.17) is 67.7 Å². The first-order valence-electron chi connectivity index (χ1n) is 15.7. The predicted molar refractivity (Wildman–Crippen MR) is 209 cm³/mol. The van der Waals surface area contributed by atoms with Gasteiger partial charge in [0.05, 0.1) is 39.4 Å². The first-order chi connectivity index (χ1) is 27.0. The van der Waals surface area contributed by atoms with Crippen molar-refractivity contribution in [3.8, 4) is 17.2 Å². The topological polar surface area (TPSA) is 200 Å². The third kappa shape index (κ3) is 12.8. The molecule has 2 aromatic heterocycles. The molecule has 0 fully saturated rings. The fourth-order valence-electron chi connectivity index (χ4n) is 4.29. The number of phenolic OH excluding ortho intramolecular Hbond substituents is 1. The maximum absolute atomic E-state index is 13.7. The summed E-state index contributed by atoms with van der Waals surface area (Å²) in [6.07, 6.45) is 2.50. The van der Waals surface area contributed by atoms with Gasteiger partial charge >= 0.3 is 0 Å². The maximum atomic E-state index is 13.7. The Kier molecular flexibility index (Phi) is 15.2. The number of carbonyl (C=O) groups is 4. The van der Waals surface area contributed by atoms with E-state index in [9.17, 15) is 32.3 Å². The lowest BCUT2D eigenvalue weighted by Gasteiger charge is -2.14. The van der Waals surface area contributed by atoms with Crippen molar-refractivity contribution in [1.82, 2.24) is 9.97 Å². The Morgan fingerprint density at radius 3 is 1.46 bits per heavy atom. The minimum absolute atomic E-state index is 0.0226. The van der Waals surface area contributed by atoms with E-state index in [0.29, 0.717) is 11.4 Å². The number of aromatic hydroxyl groups is 1. The number of amides is 4. The lowest BCUT2D eigenvalue weighted by atomic mass is 10.1. The van der Waals surface area contributed by atoms with Gasteiger partial charge in [-0.3, -0.25) is 19.2 Å². The SMILES string of the molecule is NC(=O)c1ccc(NC(=O)c2c(Cl)cc(Cl)cc2Oc2ccc(F)cc2)cn1.NC(=O)c1ccc(NC(=O)c2c(F)cc(Cl)cc2Cl)cn1.Oc1ccc(F)cc1. The van der Waals surface area contributed by atoms with Crippen LogP contribution in [0.2, 0.25) is 20.1 Å². The number of hydrogen-bond donors (Lipinski definition) is 5. The van der Waals surface area contributed by atoms with Gasteiger partial charge in [-0.05, 0) is 91.0 Å². The van der Waals surface area contributed by atoms with Gasteiger partial charge in [0.1, 0.15) is 51.7 Å². The van der Waals surface area contributed by atoms with Crippen LogP contribution in [0.1, 0.15) is 41.7 Å². The number of nitrogens with two attached hydrogens (primary N) is 2. The van der Waals surface area contributed by atoms with Crippen molar-refractivity contribution in [2.45, 2.75) is 0 Å². The molecule has 0 aliphatic rings. The summed E-state index contributed by atoms with van der Waals surface area (Å²) < 4.78 is 44.5. The monoisotopic (exact) mass is 858 g/mol. The fraction of sp³-hybridized carbons (Fsp3) is 0. The number of ether oxygens (including phenoxy) is 1. The van der Waals surface area contributed by atoms with Crippen LogP contribution in [0.25, 0.3) is 0 Å². The lowest BCUT2D eigenvalue weighted by molar-refractivity contribution is 0.0987. The molecule has 6 aromatic rings. The average Bonchev–Trinajstić information content (AvgIpc) is 3.14. The number of halogens is 7. The molecule has 0 unspecified atom stereocenters. The summed E-state index contributed by atoms with van der Waals surface area (Å²) in [7, 11) is 0. The zero-order valence-corrected chi connectivity index (χ0v) is 31.6. The van der Waals surface area contributed by atoms with Gasteiger partial charge < -0.3 is 31.9 Å². The van der Waals surface area contributed by atoms with Gasteiger partial charge in [0.15, 0.2) is 0 Å². The molecule has 12 nitrogen and oxygen atoms in total. The Morgan fingerprint density at radius 1 is 0.596 bits per heavy atom. The van der Waals surface area contributed by atoms with Crippen LogP contribution in [0.15, 0.2) is 109 Å². The van der Waals surface area contributed by atoms with Gasteiger partial charge in [-0.2, -0.15) is 0 Å². The molecule has 4 amide bonds. The Morgan fingerprint density at radius 2 is 1.04 bits per heavy atom. The quantitative estimate of drug-likeness (QED) is 0.0998. The molecule has 4 aromatic carbocycles. The van der Waals surface area contributed by atoms with E-state index in [2.05, 4.69) is 20.6 Å². The van der Waals surface area contributed by atoms with Gasteiger partial charge in [-0.15, -0.1) is 0 Å². The fourth-order valence-corrected chi connectivity index (χ4v) is 5.41. The van der Waals surface area contributed by atoms with Crippen LogP contribution in [-0.2, 0) is 0 Å². The highest BCUT2D eigenvalue weighted by Crippen LogP contribution is 2.35. The van der Waals surface area contributed by atoms with E-state index in [0.717, 1.165) is 6.07 Å². The Balaban J connectivity index is 0.000000217. The van der Waals surface area contributed by atoms with Crippen molar-refractivity contribution in [3.63, 3.8) is 0 Å². The van der Waals surface area contributed by atoms with Crippen molar-refractivity contribution >= 4 is 81.4 Å². The second-order valence-corrected chi connectivity index (χ2v) is 12.7.